The third kappa shape index (κ3) is 3.44. The van der Waals surface area contributed by atoms with Crippen LogP contribution in [0, 0.1) is 6.92 Å². The lowest BCUT2D eigenvalue weighted by Crippen LogP contribution is -2.02. The number of hydrogen-bond acceptors (Lipinski definition) is 3. The van der Waals surface area contributed by atoms with Gasteiger partial charge in [0.15, 0.2) is 5.78 Å². The maximum Gasteiger partial charge on any atom is 0.159 e. The average molecular weight is 356 g/mol. The first-order valence-corrected chi connectivity index (χ1v) is 8.84. The summed E-state index contributed by atoms with van der Waals surface area (Å²) in [4.78, 5) is 16.3. The highest BCUT2D eigenvalue weighted by atomic mass is 16.1. The number of H-pyrrole nitrogens is 1. The van der Waals surface area contributed by atoms with Crippen LogP contribution in [0.5, 0.6) is 0 Å². The van der Waals surface area contributed by atoms with E-state index in [4.69, 9.17) is 0 Å². The van der Waals surface area contributed by atoms with Crippen LogP contribution in [0.25, 0.3) is 22.5 Å². The quantitative estimate of drug-likeness (QED) is 0.536. The van der Waals surface area contributed by atoms with Crippen LogP contribution in [-0.4, -0.2) is 25.5 Å². The molecule has 5 nitrogen and oxygen atoms in total. The molecule has 4 aromatic rings. The number of rotatable bonds is 5. The second-order valence-corrected chi connectivity index (χ2v) is 6.61. The van der Waals surface area contributed by atoms with Gasteiger partial charge in [-0.25, -0.2) is 4.98 Å². The van der Waals surface area contributed by atoms with Crippen LogP contribution in [-0.2, 0) is 6.54 Å². The van der Waals surface area contributed by atoms with Gasteiger partial charge in [-0.05, 0) is 19.9 Å². The molecule has 0 amide bonds. The van der Waals surface area contributed by atoms with Gasteiger partial charge in [0, 0.05) is 22.4 Å². The molecule has 0 bridgehead atoms. The first-order chi connectivity index (χ1) is 13.1. The number of nitrogens with zero attached hydrogens (tertiary/aromatic N) is 3. The highest BCUT2D eigenvalue weighted by Crippen LogP contribution is 2.31. The summed E-state index contributed by atoms with van der Waals surface area (Å²) in [5.74, 6) is 0.0605. The van der Waals surface area contributed by atoms with Gasteiger partial charge in [-0.15, -0.1) is 0 Å². The summed E-state index contributed by atoms with van der Waals surface area (Å²) in [5.41, 5.74) is 6.68. The monoisotopic (exact) mass is 356 g/mol. The largest absolute Gasteiger partial charge is 0.324 e. The smallest absolute Gasteiger partial charge is 0.159 e. The normalized spacial score (nSPS) is 10.9. The Kier molecular flexibility index (Phi) is 4.42. The van der Waals surface area contributed by atoms with Crippen molar-refractivity contribution in [1.29, 1.82) is 0 Å². The molecular formula is C22H20N4O. The molecule has 0 saturated carbocycles. The Morgan fingerprint density at radius 3 is 2.41 bits per heavy atom. The summed E-state index contributed by atoms with van der Waals surface area (Å²) in [6.45, 7) is 4.18. The standard InChI is InChI=1S/C22H20N4O/c1-15-12-20(25-24-15)13-26-14-23-21(18-6-4-3-5-7-18)22(26)19-10-8-17(9-11-19)16(2)27/h3-12,14H,13H2,1-2H3,(H,24,25). The van der Waals surface area contributed by atoms with E-state index in [1.165, 1.54) is 0 Å². The van der Waals surface area contributed by atoms with Crippen LogP contribution in [0.2, 0.25) is 0 Å². The number of hydrogen-bond donors (Lipinski definition) is 1. The number of Topliss-reactive ketones (excluding diaryl/α,β-unsaturated/α-hetero) is 1. The van der Waals surface area contributed by atoms with Gasteiger partial charge >= 0.3 is 0 Å². The summed E-state index contributed by atoms with van der Waals surface area (Å²) in [6, 6.07) is 19.8. The second-order valence-electron chi connectivity index (χ2n) is 6.61. The Morgan fingerprint density at radius 1 is 1.04 bits per heavy atom. The zero-order valence-corrected chi connectivity index (χ0v) is 15.3. The molecule has 1 N–H and O–H groups in total. The van der Waals surface area contributed by atoms with Crippen molar-refractivity contribution < 1.29 is 4.79 Å². The van der Waals surface area contributed by atoms with E-state index in [0.29, 0.717) is 12.1 Å². The maximum absolute atomic E-state index is 11.6. The van der Waals surface area contributed by atoms with Gasteiger partial charge in [-0.3, -0.25) is 9.89 Å². The molecular weight excluding hydrogens is 336 g/mol. The van der Waals surface area contributed by atoms with E-state index in [2.05, 4.69) is 31.9 Å². The molecule has 0 aliphatic rings. The fourth-order valence-corrected chi connectivity index (χ4v) is 3.20. The molecule has 2 heterocycles. The summed E-state index contributed by atoms with van der Waals surface area (Å²) in [6.07, 6.45) is 1.85. The Morgan fingerprint density at radius 2 is 1.78 bits per heavy atom. The fourth-order valence-electron chi connectivity index (χ4n) is 3.20. The number of carbonyl (C=O) groups excluding carboxylic acids is 1. The second kappa shape index (κ2) is 7.03. The van der Waals surface area contributed by atoms with Gasteiger partial charge in [-0.1, -0.05) is 54.6 Å². The highest BCUT2D eigenvalue weighted by molar-refractivity contribution is 5.94. The van der Waals surface area contributed by atoms with Gasteiger partial charge < -0.3 is 4.57 Å². The third-order valence-electron chi connectivity index (χ3n) is 4.54. The van der Waals surface area contributed by atoms with Crippen LogP contribution in [0.1, 0.15) is 28.7 Å². The van der Waals surface area contributed by atoms with Crippen LogP contribution in [0.4, 0.5) is 0 Å². The molecule has 134 valence electrons. The maximum atomic E-state index is 11.6. The minimum atomic E-state index is 0.0605. The molecule has 2 aromatic heterocycles. The summed E-state index contributed by atoms with van der Waals surface area (Å²) in [7, 11) is 0. The van der Waals surface area contributed by atoms with Crippen molar-refractivity contribution >= 4 is 5.78 Å². The summed E-state index contributed by atoms with van der Waals surface area (Å²) in [5, 5.41) is 7.33. The van der Waals surface area contributed by atoms with Crippen LogP contribution in [0.15, 0.2) is 67.0 Å². The van der Waals surface area contributed by atoms with Crippen molar-refractivity contribution in [3.8, 4) is 22.5 Å². The molecule has 5 heteroatoms. The van der Waals surface area contributed by atoms with Crippen molar-refractivity contribution in [3.63, 3.8) is 0 Å². The zero-order valence-electron chi connectivity index (χ0n) is 15.3. The third-order valence-corrected chi connectivity index (χ3v) is 4.54. The molecule has 0 saturated heterocycles. The molecule has 0 fully saturated rings. The van der Waals surface area contributed by atoms with Crippen LogP contribution < -0.4 is 0 Å². The van der Waals surface area contributed by atoms with Gasteiger partial charge in [0.1, 0.15) is 0 Å². The highest BCUT2D eigenvalue weighted by Gasteiger charge is 2.16. The van der Waals surface area contributed by atoms with E-state index in [-0.39, 0.29) is 5.78 Å². The molecule has 0 unspecified atom stereocenters. The first-order valence-electron chi connectivity index (χ1n) is 8.84. The SMILES string of the molecule is CC(=O)c1ccc(-c2c(-c3ccccc3)ncn2Cc2cc(C)[nH]n2)cc1. The lowest BCUT2D eigenvalue weighted by Gasteiger charge is -2.10. The van der Waals surface area contributed by atoms with E-state index < -0.39 is 0 Å². The number of imidazole rings is 1. The lowest BCUT2D eigenvalue weighted by atomic mass is 10.0. The van der Waals surface area contributed by atoms with E-state index in [1.807, 2.05) is 61.8 Å². The van der Waals surface area contributed by atoms with E-state index in [1.54, 1.807) is 6.92 Å². The Bertz CT molecular complexity index is 1080. The number of benzene rings is 2. The Balaban J connectivity index is 1.82. The summed E-state index contributed by atoms with van der Waals surface area (Å²) < 4.78 is 2.10. The van der Waals surface area contributed by atoms with Crippen molar-refractivity contribution in [2.45, 2.75) is 20.4 Å². The van der Waals surface area contributed by atoms with Gasteiger partial charge in [0.05, 0.1) is 30.0 Å². The molecule has 2 aromatic carbocycles. The molecule has 0 aliphatic heterocycles. The Labute approximate surface area is 157 Å². The number of nitrogens with one attached hydrogen (secondary N) is 1. The number of aromatic amines is 1. The number of ketones is 1. The predicted octanol–water partition coefficient (Wildman–Crippen LogP) is 4.50. The zero-order chi connectivity index (χ0) is 18.8. The minimum absolute atomic E-state index is 0.0605. The Hall–Kier alpha value is -3.47. The molecule has 4 rings (SSSR count). The average Bonchev–Trinajstić information content (AvgIpc) is 3.29. The molecule has 0 spiro atoms. The van der Waals surface area contributed by atoms with Crippen LogP contribution >= 0.6 is 0 Å². The van der Waals surface area contributed by atoms with Gasteiger partial charge in [0.2, 0.25) is 0 Å². The van der Waals surface area contributed by atoms with Crippen molar-refractivity contribution in [3.05, 3.63) is 83.9 Å². The van der Waals surface area contributed by atoms with Crippen molar-refractivity contribution in [1.82, 2.24) is 19.7 Å². The number of aryl methyl sites for hydroxylation is 1. The molecule has 0 atom stereocenters. The minimum Gasteiger partial charge on any atom is -0.324 e. The number of carbonyl (C=O) groups is 1. The van der Waals surface area contributed by atoms with Gasteiger partial charge in [0.25, 0.3) is 0 Å². The lowest BCUT2D eigenvalue weighted by molar-refractivity contribution is 0.101. The molecule has 0 aliphatic carbocycles. The predicted molar refractivity (Wildman–Crippen MR) is 106 cm³/mol. The van der Waals surface area contributed by atoms with Gasteiger partial charge in [-0.2, -0.15) is 5.10 Å². The van der Waals surface area contributed by atoms with E-state index in [9.17, 15) is 4.79 Å². The summed E-state index contributed by atoms with van der Waals surface area (Å²) >= 11 is 0. The molecule has 0 radical (unpaired) electrons. The van der Waals surface area contributed by atoms with Crippen LogP contribution in [0.3, 0.4) is 0 Å². The first kappa shape index (κ1) is 17.0. The molecule has 27 heavy (non-hydrogen) atoms. The number of aromatic nitrogens is 4. The van der Waals surface area contributed by atoms with Crippen molar-refractivity contribution in [2.24, 2.45) is 0 Å². The topological polar surface area (TPSA) is 63.6 Å². The fraction of sp³-hybridized carbons (Fsp3) is 0.136. The van der Waals surface area contributed by atoms with Crippen molar-refractivity contribution in [2.75, 3.05) is 0 Å². The van der Waals surface area contributed by atoms with E-state index in [0.717, 1.165) is 33.9 Å². The van der Waals surface area contributed by atoms with E-state index >= 15 is 0 Å².